The van der Waals surface area contributed by atoms with Gasteiger partial charge in [0.15, 0.2) is 0 Å². The van der Waals surface area contributed by atoms with E-state index in [1.54, 1.807) is 0 Å². The second kappa shape index (κ2) is 29.3. The summed E-state index contributed by atoms with van der Waals surface area (Å²) in [5.74, 6) is -1.99. The SMILES string of the molecule is CCC(=O)[O-].CCC(=O)[O-].OCCCO.[NH4+].[NH4+]. The van der Waals surface area contributed by atoms with Gasteiger partial charge in [0.1, 0.15) is 0 Å². The number of hydrogen-bond donors (Lipinski definition) is 4. The van der Waals surface area contributed by atoms with Gasteiger partial charge in [-0.25, -0.2) is 0 Å². The molecular formula is C9H26N2O6. The van der Waals surface area contributed by atoms with Gasteiger partial charge in [-0.2, -0.15) is 0 Å². The maximum absolute atomic E-state index is 9.26. The molecule has 0 heterocycles. The highest BCUT2D eigenvalue weighted by Gasteiger charge is 1.70. The number of hydrogen-bond acceptors (Lipinski definition) is 6. The zero-order valence-electron chi connectivity index (χ0n) is 11.1. The Morgan fingerprint density at radius 1 is 0.882 bits per heavy atom. The predicted octanol–water partition coefficient (Wildman–Crippen LogP) is -1.59. The van der Waals surface area contributed by atoms with Crippen molar-refractivity contribution in [1.29, 1.82) is 0 Å². The van der Waals surface area contributed by atoms with Gasteiger partial charge < -0.3 is 42.3 Å². The van der Waals surface area contributed by atoms with Crippen molar-refractivity contribution < 1.29 is 30.0 Å². The zero-order chi connectivity index (χ0) is 12.7. The van der Waals surface area contributed by atoms with Crippen LogP contribution in [0.25, 0.3) is 0 Å². The van der Waals surface area contributed by atoms with E-state index < -0.39 is 11.9 Å². The number of carbonyl (C=O) groups excluding carboxylic acids is 2. The van der Waals surface area contributed by atoms with Crippen molar-refractivity contribution in [3.63, 3.8) is 0 Å². The Labute approximate surface area is 101 Å². The van der Waals surface area contributed by atoms with E-state index >= 15 is 0 Å². The molecule has 0 fully saturated rings. The molecular weight excluding hydrogens is 232 g/mol. The summed E-state index contributed by atoms with van der Waals surface area (Å²) in [7, 11) is 0. The summed E-state index contributed by atoms with van der Waals surface area (Å²) in [6.07, 6.45) is 0.722. The Morgan fingerprint density at radius 2 is 1.06 bits per heavy atom. The molecule has 0 saturated heterocycles. The van der Waals surface area contributed by atoms with E-state index in [2.05, 4.69) is 0 Å². The minimum Gasteiger partial charge on any atom is -0.550 e. The Balaban J connectivity index is -0.0000000400. The fourth-order valence-electron chi connectivity index (χ4n) is 0.0707. The normalized spacial score (nSPS) is 6.82. The van der Waals surface area contributed by atoms with Crippen LogP contribution < -0.4 is 22.5 Å². The lowest BCUT2D eigenvalue weighted by molar-refractivity contribution is -0.306. The third-order valence-corrected chi connectivity index (χ3v) is 0.894. The Kier molecular flexibility index (Phi) is 51.2. The summed E-state index contributed by atoms with van der Waals surface area (Å²) in [4.78, 5) is 18.5. The maximum Gasteiger partial charge on any atom is 0.0452 e. The van der Waals surface area contributed by atoms with Crippen molar-refractivity contribution in [3.05, 3.63) is 0 Å². The predicted molar refractivity (Wildman–Crippen MR) is 61.4 cm³/mol. The topological polar surface area (TPSA) is 194 Å². The summed E-state index contributed by atoms with van der Waals surface area (Å²) >= 11 is 0. The van der Waals surface area contributed by atoms with Gasteiger partial charge in [0.05, 0.1) is 0 Å². The average molecular weight is 258 g/mol. The van der Waals surface area contributed by atoms with Gasteiger partial charge in [0, 0.05) is 25.2 Å². The highest BCUT2D eigenvalue weighted by atomic mass is 16.4. The van der Waals surface area contributed by atoms with Gasteiger partial charge in [-0.05, 0) is 19.3 Å². The Bertz CT molecular complexity index is 138. The van der Waals surface area contributed by atoms with E-state index in [0.717, 1.165) is 0 Å². The largest absolute Gasteiger partial charge is 0.550 e. The number of carboxylic acid groups (broad SMARTS) is 2. The summed E-state index contributed by atoms with van der Waals surface area (Å²) in [5, 5.41) is 34.3. The van der Waals surface area contributed by atoms with Gasteiger partial charge in [0.2, 0.25) is 0 Å². The molecule has 108 valence electrons. The first-order valence-electron chi connectivity index (χ1n) is 4.57. The monoisotopic (exact) mass is 258 g/mol. The number of rotatable bonds is 4. The second-order valence-corrected chi connectivity index (χ2v) is 2.25. The molecule has 0 atom stereocenters. The fraction of sp³-hybridized carbons (Fsp3) is 0.778. The molecule has 17 heavy (non-hydrogen) atoms. The molecule has 0 bridgehead atoms. The number of aliphatic hydroxyl groups excluding tert-OH is 2. The molecule has 0 radical (unpaired) electrons. The van der Waals surface area contributed by atoms with Gasteiger partial charge in [-0.3, -0.25) is 0 Å². The van der Waals surface area contributed by atoms with Gasteiger partial charge in [-0.1, -0.05) is 13.8 Å². The van der Waals surface area contributed by atoms with E-state index in [1.165, 1.54) is 13.8 Å². The Hall–Kier alpha value is -1.22. The summed E-state index contributed by atoms with van der Waals surface area (Å²) in [5.41, 5.74) is 0. The Morgan fingerprint density at radius 3 is 1.06 bits per heavy atom. The van der Waals surface area contributed by atoms with Crippen LogP contribution in [0, 0.1) is 0 Å². The number of aliphatic hydroxyl groups is 2. The standard InChI is InChI=1S/2C3H6O2.C3H8O2.2H3N/c2*1-2-3(4)5;4-2-1-3-5;;/h2*2H2,1H3,(H,4,5);4-5H,1-3H2;2*1H3. The molecule has 10 N–H and O–H groups in total. The van der Waals surface area contributed by atoms with E-state index in [0.29, 0.717) is 6.42 Å². The van der Waals surface area contributed by atoms with Crippen LogP contribution in [0.1, 0.15) is 33.1 Å². The molecule has 0 aromatic carbocycles. The van der Waals surface area contributed by atoms with Crippen molar-refractivity contribution in [2.24, 2.45) is 0 Å². The molecule has 0 amide bonds. The molecule has 0 saturated carbocycles. The average Bonchev–Trinajstić information content (AvgIpc) is 2.20. The molecule has 8 nitrogen and oxygen atoms in total. The second-order valence-electron chi connectivity index (χ2n) is 2.25. The maximum atomic E-state index is 9.26. The first-order chi connectivity index (χ1) is 6.95. The first-order valence-corrected chi connectivity index (χ1v) is 4.57. The molecule has 0 aromatic heterocycles. The highest BCUT2D eigenvalue weighted by molar-refractivity contribution is 5.63. The van der Waals surface area contributed by atoms with E-state index in [4.69, 9.17) is 10.2 Å². The molecule has 0 aliphatic carbocycles. The van der Waals surface area contributed by atoms with Crippen LogP contribution in [0.5, 0.6) is 0 Å². The minimum absolute atomic E-state index is 0. The van der Waals surface area contributed by atoms with Crippen LogP contribution in [0.15, 0.2) is 0 Å². The number of quaternary nitrogens is 2. The van der Waals surface area contributed by atoms with Gasteiger partial charge >= 0.3 is 0 Å². The van der Waals surface area contributed by atoms with Crippen molar-refractivity contribution in [1.82, 2.24) is 12.3 Å². The van der Waals surface area contributed by atoms with Crippen LogP contribution in [-0.2, 0) is 9.59 Å². The highest BCUT2D eigenvalue weighted by Crippen LogP contribution is 1.65. The van der Waals surface area contributed by atoms with Crippen LogP contribution >= 0.6 is 0 Å². The van der Waals surface area contributed by atoms with Gasteiger partial charge in [0.25, 0.3) is 0 Å². The van der Waals surface area contributed by atoms with Crippen molar-refractivity contribution in [2.45, 2.75) is 33.1 Å². The van der Waals surface area contributed by atoms with E-state index in [-0.39, 0.29) is 38.4 Å². The van der Waals surface area contributed by atoms with Crippen LogP contribution in [0.3, 0.4) is 0 Å². The number of carboxylic acids is 2. The minimum atomic E-state index is -0.995. The van der Waals surface area contributed by atoms with Crippen molar-refractivity contribution in [2.75, 3.05) is 13.2 Å². The van der Waals surface area contributed by atoms with Gasteiger partial charge in [-0.15, -0.1) is 0 Å². The molecule has 0 unspecified atom stereocenters. The molecule has 0 rings (SSSR count). The van der Waals surface area contributed by atoms with E-state index in [9.17, 15) is 19.8 Å². The molecule has 8 heteroatoms. The summed E-state index contributed by atoms with van der Waals surface area (Å²) < 4.78 is 0. The quantitative estimate of drug-likeness (QED) is 0.468. The lowest BCUT2D eigenvalue weighted by Gasteiger charge is -1.87. The lowest BCUT2D eigenvalue weighted by Crippen LogP contribution is -2.20. The third-order valence-electron chi connectivity index (χ3n) is 0.894. The van der Waals surface area contributed by atoms with Crippen LogP contribution in [0.2, 0.25) is 0 Å². The van der Waals surface area contributed by atoms with Crippen LogP contribution in [-0.4, -0.2) is 35.4 Å². The smallest absolute Gasteiger partial charge is 0.0452 e. The lowest BCUT2D eigenvalue weighted by atomic mass is 10.5. The molecule has 0 spiro atoms. The summed E-state index contributed by atoms with van der Waals surface area (Å²) in [6, 6.07) is 0. The molecule has 0 aromatic rings. The van der Waals surface area contributed by atoms with E-state index in [1.807, 2.05) is 0 Å². The molecule has 0 aliphatic heterocycles. The fourth-order valence-corrected chi connectivity index (χ4v) is 0.0707. The molecule has 0 aliphatic rings. The number of carbonyl (C=O) groups is 2. The first kappa shape index (κ1) is 29.7. The summed E-state index contributed by atoms with van der Waals surface area (Å²) in [6.45, 7) is 3.26. The zero-order valence-corrected chi connectivity index (χ0v) is 11.1. The van der Waals surface area contributed by atoms with Crippen molar-refractivity contribution >= 4 is 11.9 Å². The number of aliphatic carboxylic acids is 2. The van der Waals surface area contributed by atoms with Crippen LogP contribution in [0.4, 0.5) is 0 Å². The van der Waals surface area contributed by atoms with Crippen molar-refractivity contribution in [3.8, 4) is 0 Å². The third kappa shape index (κ3) is 106.